The highest BCUT2D eigenvalue weighted by atomic mass is 19.1. The largest absolute Gasteiger partial charge is 0.467 e. The molecule has 1 aliphatic rings. The van der Waals surface area contributed by atoms with E-state index in [-0.39, 0.29) is 17.7 Å². The smallest absolute Gasteiger partial charge is 0.272 e. The van der Waals surface area contributed by atoms with Crippen molar-refractivity contribution in [3.05, 3.63) is 77.3 Å². The van der Waals surface area contributed by atoms with Crippen molar-refractivity contribution in [3.8, 4) is 0 Å². The molecule has 1 fully saturated rings. The Morgan fingerprint density at radius 1 is 1.21 bits per heavy atom. The first-order valence-corrected chi connectivity index (χ1v) is 9.51. The SMILES string of the molecule is O=C(NCc1ccco1)c1cc(C2CCN(C(=O)c3cccc(F)c3)CC2)[nH]n1. The maximum Gasteiger partial charge on any atom is 0.272 e. The van der Waals surface area contributed by atoms with Gasteiger partial charge in [-0.05, 0) is 49.2 Å². The van der Waals surface area contributed by atoms with Crippen molar-refractivity contribution in [2.45, 2.75) is 25.3 Å². The van der Waals surface area contributed by atoms with Crippen LogP contribution in [-0.2, 0) is 6.54 Å². The summed E-state index contributed by atoms with van der Waals surface area (Å²) in [6.07, 6.45) is 3.05. The molecule has 4 rings (SSSR count). The molecule has 0 radical (unpaired) electrons. The topological polar surface area (TPSA) is 91.2 Å². The van der Waals surface area contributed by atoms with Crippen LogP contribution in [0.4, 0.5) is 4.39 Å². The van der Waals surface area contributed by atoms with E-state index in [1.165, 1.54) is 12.1 Å². The maximum absolute atomic E-state index is 13.4. The summed E-state index contributed by atoms with van der Waals surface area (Å²) in [5.41, 5.74) is 1.57. The van der Waals surface area contributed by atoms with Crippen molar-refractivity contribution in [2.75, 3.05) is 13.1 Å². The average Bonchev–Trinajstić information content (AvgIpc) is 3.44. The van der Waals surface area contributed by atoms with Gasteiger partial charge in [0.05, 0.1) is 12.8 Å². The molecule has 2 aromatic heterocycles. The number of hydrogen-bond acceptors (Lipinski definition) is 4. The first kappa shape index (κ1) is 18.9. The summed E-state index contributed by atoms with van der Waals surface area (Å²) in [7, 11) is 0. The Bertz CT molecular complexity index is 991. The maximum atomic E-state index is 13.4. The van der Waals surface area contributed by atoms with Crippen LogP contribution < -0.4 is 5.32 Å². The Morgan fingerprint density at radius 3 is 2.76 bits per heavy atom. The number of hydrogen-bond donors (Lipinski definition) is 2. The van der Waals surface area contributed by atoms with Gasteiger partial charge in [0, 0.05) is 30.3 Å². The highest BCUT2D eigenvalue weighted by Gasteiger charge is 2.26. The molecule has 8 heteroatoms. The Morgan fingerprint density at radius 2 is 2.03 bits per heavy atom. The molecule has 150 valence electrons. The lowest BCUT2D eigenvalue weighted by Crippen LogP contribution is -2.38. The molecule has 1 aliphatic heterocycles. The van der Waals surface area contributed by atoms with Gasteiger partial charge in [-0.3, -0.25) is 14.7 Å². The highest BCUT2D eigenvalue weighted by molar-refractivity contribution is 5.94. The first-order valence-electron chi connectivity index (χ1n) is 9.51. The van der Waals surface area contributed by atoms with Crippen LogP contribution in [-0.4, -0.2) is 40.0 Å². The minimum absolute atomic E-state index is 0.162. The molecule has 2 N–H and O–H groups in total. The van der Waals surface area contributed by atoms with Gasteiger partial charge in [-0.1, -0.05) is 6.07 Å². The second kappa shape index (κ2) is 8.30. The second-order valence-electron chi connectivity index (χ2n) is 7.05. The van der Waals surface area contributed by atoms with Gasteiger partial charge in [-0.15, -0.1) is 0 Å². The predicted molar refractivity (Wildman–Crippen MR) is 103 cm³/mol. The Balaban J connectivity index is 1.32. The lowest BCUT2D eigenvalue weighted by Gasteiger charge is -2.31. The van der Waals surface area contributed by atoms with Crippen LogP contribution in [0, 0.1) is 5.82 Å². The molecule has 1 aromatic carbocycles. The summed E-state index contributed by atoms with van der Waals surface area (Å²) in [6.45, 7) is 1.44. The second-order valence-corrected chi connectivity index (χ2v) is 7.05. The molecular formula is C21H21FN4O3. The summed E-state index contributed by atoms with van der Waals surface area (Å²) in [5.74, 6) is 0.00403. The van der Waals surface area contributed by atoms with Gasteiger partial charge in [0.25, 0.3) is 11.8 Å². The van der Waals surface area contributed by atoms with Crippen LogP contribution in [0.5, 0.6) is 0 Å². The van der Waals surface area contributed by atoms with E-state index in [1.807, 2.05) is 0 Å². The van der Waals surface area contributed by atoms with Crippen LogP contribution >= 0.6 is 0 Å². The molecule has 0 saturated carbocycles. The third-order valence-corrected chi connectivity index (χ3v) is 5.13. The number of carbonyl (C=O) groups excluding carboxylic acids is 2. The molecule has 3 heterocycles. The van der Waals surface area contributed by atoms with Crippen molar-refractivity contribution < 1.29 is 18.4 Å². The van der Waals surface area contributed by atoms with E-state index in [9.17, 15) is 14.0 Å². The number of rotatable bonds is 5. The van der Waals surface area contributed by atoms with Gasteiger partial charge < -0.3 is 14.6 Å². The third kappa shape index (κ3) is 4.37. The number of benzene rings is 1. The molecule has 0 atom stereocenters. The van der Waals surface area contributed by atoms with Gasteiger partial charge in [0.15, 0.2) is 0 Å². The molecule has 0 spiro atoms. The number of likely N-dealkylation sites (tertiary alicyclic amines) is 1. The third-order valence-electron chi connectivity index (χ3n) is 5.13. The van der Waals surface area contributed by atoms with Crippen molar-refractivity contribution in [2.24, 2.45) is 0 Å². The van der Waals surface area contributed by atoms with Crippen LogP contribution in [0.15, 0.2) is 53.1 Å². The summed E-state index contributed by atoms with van der Waals surface area (Å²) in [4.78, 5) is 26.5. The zero-order valence-corrected chi connectivity index (χ0v) is 15.7. The molecular weight excluding hydrogens is 375 g/mol. The zero-order valence-electron chi connectivity index (χ0n) is 15.7. The van der Waals surface area contributed by atoms with E-state index < -0.39 is 5.82 Å². The Labute approximate surface area is 166 Å². The van der Waals surface area contributed by atoms with E-state index >= 15 is 0 Å². The fraction of sp³-hybridized carbons (Fsp3) is 0.286. The number of aromatic nitrogens is 2. The minimum atomic E-state index is -0.416. The lowest BCUT2D eigenvalue weighted by atomic mass is 9.93. The molecule has 3 aromatic rings. The molecule has 0 bridgehead atoms. The van der Waals surface area contributed by atoms with Gasteiger partial charge >= 0.3 is 0 Å². The number of aromatic amines is 1. The van der Waals surface area contributed by atoms with Crippen molar-refractivity contribution in [1.29, 1.82) is 0 Å². The highest BCUT2D eigenvalue weighted by Crippen LogP contribution is 2.28. The fourth-order valence-electron chi connectivity index (χ4n) is 3.53. The minimum Gasteiger partial charge on any atom is -0.467 e. The fourth-order valence-corrected chi connectivity index (χ4v) is 3.53. The monoisotopic (exact) mass is 396 g/mol. The zero-order chi connectivity index (χ0) is 20.2. The van der Waals surface area contributed by atoms with Gasteiger partial charge in [0.1, 0.15) is 17.3 Å². The van der Waals surface area contributed by atoms with E-state index in [4.69, 9.17) is 4.42 Å². The molecule has 2 amide bonds. The molecule has 1 saturated heterocycles. The van der Waals surface area contributed by atoms with Crippen LogP contribution in [0.2, 0.25) is 0 Å². The number of nitrogens with zero attached hydrogens (tertiary/aromatic N) is 2. The summed E-state index contributed by atoms with van der Waals surface area (Å²) in [5, 5.41) is 9.82. The van der Waals surface area contributed by atoms with Gasteiger partial charge in [-0.2, -0.15) is 5.10 Å². The van der Waals surface area contributed by atoms with Crippen molar-refractivity contribution >= 4 is 11.8 Å². The molecule has 29 heavy (non-hydrogen) atoms. The normalized spacial score (nSPS) is 14.7. The standard InChI is InChI=1S/C21H21FN4O3/c22-16-4-1-3-15(11-16)21(28)26-8-6-14(7-9-26)18-12-19(25-24-18)20(27)23-13-17-5-2-10-29-17/h1-5,10-12,14H,6-9,13H2,(H,23,27)(H,24,25). The van der Waals surface area contributed by atoms with E-state index in [2.05, 4.69) is 15.5 Å². The average molecular weight is 396 g/mol. The summed E-state index contributed by atoms with van der Waals surface area (Å²) in [6, 6.07) is 11.1. The van der Waals surface area contributed by atoms with Crippen molar-refractivity contribution in [3.63, 3.8) is 0 Å². The number of nitrogens with one attached hydrogen (secondary N) is 2. The quantitative estimate of drug-likeness (QED) is 0.693. The lowest BCUT2D eigenvalue weighted by molar-refractivity contribution is 0.0711. The van der Waals surface area contributed by atoms with Crippen LogP contribution in [0.1, 0.15) is 51.1 Å². The predicted octanol–water partition coefficient (Wildman–Crippen LogP) is 3.09. The van der Waals surface area contributed by atoms with E-state index in [1.54, 1.807) is 41.5 Å². The number of H-pyrrole nitrogens is 1. The molecule has 0 aliphatic carbocycles. The van der Waals surface area contributed by atoms with Crippen LogP contribution in [0.3, 0.4) is 0 Å². The molecule has 7 nitrogen and oxygen atoms in total. The Kier molecular flexibility index (Phi) is 5.41. The van der Waals surface area contributed by atoms with Crippen LogP contribution in [0.25, 0.3) is 0 Å². The summed E-state index contributed by atoms with van der Waals surface area (Å²) >= 11 is 0. The van der Waals surface area contributed by atoms with Crippen molar-refractivity contribution in [1.82, 2.24) is 20.4 Å². The first-order chi connectivity index (χ1) is 14.1. The summed E-state index contributed by atoms with van der Waals surface area (Å²) < 4.78 is 18.6. The number of carbonyl (C=O) groups is 2. The van der Waals surface area contributed by atoms with E-state index in [0.29, 0.717) is 36.7 Å². The number of piperidine rings is 1. The van der Waals surface area contributed by atoms with E-state index in [0.717, 1.165) is 18.5 Å². The number of furan rings is 1. The Hall–Kier alpha value is -3.42. The van der Waals surface area contributed by atoms with Gasteiger partial charge in [0.2, 0.25) is 0 Å². The number of halogens is 1. The molecule has 0 unspecified atom stereocenters. The number of amides is 2. The van der Waals surface area contributed by atoms with Gasteiger partial charge in [-0.25, -0.2) is 4.39 Å².